The minimum absolute atomic E-state index is 0.756. The molecule has 0 aromatic heterocycles. The van der Waals surface area contributed by atoms with Crippen LogP contribution < -0.4 is 0 Å². The van der Waals surface area contributed by atoms with Crippen LogP contribution in [-0.4, -0.2) is 13.2 Å². The van der Waals surface area contributed by atoms with Crippen molar-refractivity contribution in [3.8, 4) is 0 Å². The van der Waals surface area contributed by atoms with Crippen molar-refractivity contribution in [3.63, 3.8) is 0 Å². The third-order valence-corrected chi connectivity index (χ3v) is 8.74. The predicted octanol–water partition coefficient (Wildman–Crippen LogP) is 13.4. The number of rotatable bonds is 32. The first-order valence-electron chi connectivity index (χ1n) is 16.5. The van der Waals surface area contributed by atoms with Gasteiger partial charge in [-0.3, -0.25) is 0 Å². The molecule has 0 rings (SSSR count). The molecule has 0 aliphatic heterocycles. The van der Waals surface area contributed by atoms with Gasteiger partial charge in [0.25, 0.3) is 7.73 Å². The highest BCUT2D eigenvalue weighted by molar-refractivity contribution is 7.76. The van der Waals surface area contributed by atoms with Crippen LogP contribution in [0.5, 0.6) is 0 Å². The zero-order valence-electron chi connectivity index (χ0n) is 24.9. The highest BCUT2D eigenvalue weighted by Crippen LogP contribution is 2.44. The Bertz CT molecular complexity index is 349. The normalized spacial score (nSPS) is 11.7. The molecule has 0 saturated carbocycles. The van der Waals surface area contributed by atoms with Crippen molar-refractivity contribution in [3.05, 3.63) is 0 Å². The second-order valence-electron chi connectivity index (χ2n) is 11.1. The summed E-state index contributed by atoms with van der Waals surface area (Å²) < 4.78 is 11.4. The van der Waals surface area contributed by atoms with Gasteiger partial charge in [-0.15, -0.1) is 0 Å². The van der Waals surface area contributed by atoms with Crippen LogP contribution in [0.15, 0.2) is 0 Å². The van der Waals surface area contributed by atoms with Gasteiger partial charge in [0.2, 0.25) is 0 Å². The van der Waals surface area contributed by atoms with Crippen molar-refractivity contribution < 1.29 is 9.05 Å². The van der Waals surface area contributed by atoms with Gasteiger partial charge in [0.1, 0.15) is 0 Å². The van der Waals surface area contributed by atoms with Crippen molar-refractivity contribution in [1.29, 1.82) is 0 Å². The molecule has 0 heterocycles. The van der Waals surface area contributed by atoms with Gasteiger partial charge < -0.3 is 9.05 Å². The molecule has 0 spiro atoms. The molecule has 0 saturated heterocycles. The smallest absolute Gasteiger partial charge is 0.276 e. The largest absolute Gasteiger partial charge is 0.322 e. The molecule has 4 heteroatoms. The SMILES string of the molecule is CCCCCCCCCCCCCCCCOP(Cl)OCCCCCCCCCCCCCCCC. The van der Waals surface area contributed by atoms with Crippen LogP contribution in [0, 0.1) is 0 Å². The maximum absolute atomic E-state index is 6.22. The monoisotopic (exact) mass is 548 g/mol. The lowest BCUT2D eigenvalue weighted by molar-refractivity contribution is 0.250. The van der Waals surface area contributed by atoms with E-state index in [0.717, 1.165) is 26.1 Å². The summed E-state index contributed by atoms with van der Waals surface area (Å²) in [6.07, 6.45) is 38.7. The molecular formula is C32H66ClO2P. The fourth-order valence-electron chi connectivity index (χ4n) is 4.90. The van der Waals surface area contributed by atoms with Crippen molar-refractivity contribution in [2.75, 3.05) is 13.2 Å². The van der Waals surface area contributed by atoms with Crippen molar-refractivity contribution in [2.24, 2.45) is 0 Å². The fraction of sp³-hybridized carbons (Fsp3) is 1.00. The lowest BCUT2D eigenvalue weighted by Gasteiger charge is -2.10. The first kappa shape index (κ1) is 36.6. The molecule has 0 bridgehead atoms. The van der Waals surface area contributed by atoms with Crippen LogP contribution in [0.3, 0.4) is 0 Å². The Balaban J connectivity index is 3.13. The molecule has 0 aliphatic rings. The van der Waals surface area contributed by atoms with Gasteiger partial charge in [0, 0.05) is 0 Å². The topological polar surface area (TPSA) is 18.5 Å². The van der Waals surface area contributed by atoms with Gasteiger partial charge in [-0.25, -0.2) is 0 Å². The van der Waals surface area contributed by atoms with E-state index in [1.807, 2.05) is 0 Å². The molecule has 2 nitrogen and oxygen atoms in total. The highest BCUT2D eigenvalue weighted by atomic mass is 35.7. The van der Waals surface area contributed by atoms with E-state index in [9.17, 15) is 0 Å². The Hall–Kier alpha value is 0.640. The number of hydrogen-bond donors (Lipinski definition) is 0. The number of unbranched alkanes of at least 4 members (excludes halogenated alkanes) is 26. The number of hydrogen-bond acceptors (Lipinski definition) is 2. The van der Waals surface area contributed by atoms with Crippen molar-refractivity contribution in [2.45, 2.75) is 194 Å². The van der Waals surface area contributed by atoms with E-state index >= 15 is 0 Å². The molecule has 0 N–H and O–H groups in total. The molecule has 36 heavy (non-hydrogen) atoms. The maximum atomic E-state index is 6.22. The quantitative estimate of drug-likeness (QED) is 0.0614. The minimum atomic E-state index is -1.19. The summed E-state index contributed by atoms with van der Waals surface area (Å²) in [4.78, 5) is 0. The van der Waals surface area contributed by atoms with Crippen LogP contribution in [0.2, 0.25) is 0 Å². The second kappa shape index (κ2) is 33.7. The summed E-state index contributed by atoms with van der Waals surface area (Å²) in [5.41, 5.74) is 0. The van der Waals surface area contributed by atoms with Gasteiger partial charge in [0.05, 0.1) is 13.2 Å². The highest BCUT2D eigenvalue weighted by Gasteiger charge is 2.06. The fourth-order valence-corrected chi connectivity index (χ4v) is 5.94. The van der Waals surface area contributed by atoms with Crippen molar-refractivity contribution in [1.82, 2.24) is 0 Å². The van der Waals surface area contributed by atoms with Crippen LogP contribution in [0.1, 0.15) is 194 Å². The first-order chi connectivity index (χ1) is 17.8. The molecule has 0 aromatic rings. The summed E-state index contributed by atoms with van der Waals surface area (Å²) in [6, 6.07) is 0. The van der Waals surface area contributed by atoms with Gasteiger partial charge in [-0.2, -0.15) is 0 Å². The lowest BCUT2D eigenvalue weighted by atomic mass is 10.0. The van der Waals surface area contributed by atoms with E-state index in [1.54, 1.807) is 0 Å². The zero-order valence-corrected chi connectivity index (χ0v) is 26.5. The summed E-state index contributed by atoms with van der Waals surface area (Å²) in [5.74, 6) is 0. The van der Waals surface area contributed by atoms with E-state index in [2.05, 4.69) is 13.8 Å². The molecule has 0 amide bonds. The van der Waals surface area contributed by atoms with Crippen LogP contribution >= 0.6 is 19.0 Å². The van der Waals surface area contributed by atoms with E-state index in [-0.39, 0.29) is 0 Å². The van der Waals surface area contributed by atoms with Gasteiger partial charge in [-0.1, -0.05) is 181 Å². The molecular weight excluding hydrogens is 483 g/mol. The molecule has 0 aromatic carbocycles. The second-order valence-corrected chi connectivity index (χ2v) is 12.8. The lowest BCUT2D eigenvalue weighted by Crippen LogP contribution is -1.93. The summed E-state index contributed by atoms with van der Waals surface area (Å²) in [5, 5.41) is 0. The van der Waals surface area contributed by atoms with Gasteiger partial charge >= 0.3 is 0 Å². The Morgan fingerprint density at radius 2 is 0.528 bits per heavy atom. The standard InChI is InChI=1S/C32H66ClO2P/c1-3-5-7-9-11-13-15-17-19-21-23-25-27-29-31-34-36(33)35-32-30-28-26-24-22-20-18-16-14-12-10-8-6-4-2/h3-32H2,1-2H3. The van der Waals surface area contributed by atoms with Crippen LogP contribution in [-0.2, 0) is 9.05 Å². The van der Waals surface area contributed by atoms with E-state index in [4.69, 9.17) is 20.3 Å². The van der Waals surface area contributed by atoms with E-state index in [0.29, 0.717) is 0 Å². The predicted molar refractivity (Wildman–Crippen MR) is 165 cm³/mol. The van der Waals surface area contributed by atoms with Gasteiger partial charge in [-0.05, 0) is 24.1 Å². The Kier molecular flexibility index (Phi) is 34.3. The third-order valence-electron chi connectivity index (χ3n) is 7.38. The van der Waals surface area contributed by atoms with Crippen LogP contribution in [0.25, 0.3) is 0 Å². The summed E-state index contributed by atoms with van der Waals surface area (Å²) >= 11 is 6.22. The summed E-state index contributed by atoms with van der Waals surface area (Å²) in [6.45, 7) is 6.09. The molecule has 0 atom stereocenters. The molecule has 0 unspecified atom stereocenters. The molecule has 0 fully saturated rings. The average molecular weight is 549 g/mol. The molecule has 218 valence electrons. The Morgan fingerprint density at radius 1 is 0.333 bits per heavy atom. The van der Waals surface area contributed by atoms with Crippen LogP contribution in [0.4, 0.5) is 0 Å². The van der Waals surface area contributed by atoms with Gasteiger partial charge in [0.15, 0.2) is 0 Å². The minimum Gasteiger partial charge on any atom is -0.322 e. The maximum Gasteiger partial charge on any atom is 0.276 e. The van der Waals surface area contributed by atoms with Crippen molar-refractivity contribution >= 4 is 19.0 Å². The van der Waals surface area contributed by atoms with E-state index < -0.39 is 7.73 Å². The third kappa shape index (κ3) is 32.7. The van der Waals surface area contributed by atoms with E-state index in [1.165, 1.54) is 167 Å². The molecule has 0 aliphatic carbocycles. The first-order valence-corrected chi connectivity index (χ1v) is 18.6. The Morgan fingerprint density at radius 3 is 0.750 bits per heavy atom. The number of halogens is 1. The summed E-state index contributed by atoms with van der Waals surface area (Å²) in [7, 11) is -1.19. The zero-order chi connectivity index (χ0) is 26.2. The molecule has 0 radical (unpaired) electrons. The average Bonchev–Trinajstić information content (AvgIpc) is 2.88. The Labute approximate surface area is 234 Å².